The number of nitrogens with one attached hydrogen (secondary N) is 2. The van der Waals surface area contributed by atoms with Gasteiger partial charge in [0.05, 0.1) is 12.2 Å². The topological polar surface area (TPSA) is 66.9 Å². The van der Waals surface area contributed by atoms with Crippen LogP contribution in [0, 0.1) is 5.95 Å². The van der Waals surface area contributed by atoms with Gasteiger partial charge in [-0.2, -0.15) is 4.39 Å². The molecule has 0 spiro atoms. The summed E-state index contributed by atoms with van der Waals surface area (Å²) in [5.41, 5.74) is 0.986. The average Bonchev–Trinajstić information content (AvgIpc) is 2.78. The summed E-state index contributed by atoms with van der Waals surface area (Å²) >= 11 is 1.27. The highest BCUT2D eigenvalue weighted by atomic mass is 32.1. The quantitative estimate of drug-likeness (QED) is 0.823. The van der Waals surface area contributed by atoms with Gasteiger partial charge in [-0.25, -0.2) is 9.97 Å². The minimum Gasteiger partial charge on any atom is -0.311 e. The molecule has 0 aliphatic rings. The Morgan fingerprint density at radius 2 is 2.22 bits per heavy atom. The Labute approximate surface area is 107 Å². The second kappa shape index (κ2) is 5.65. The fourth-order valence-corrected chi connectivity index (χ4v) is 2.04. The summed E-state index contributed by atoms with van der Waals surface area (Å²) in [5.74, 6) is -0.730. The third-order valence-electron chi connectivity index (χ3n) is 2.07. The Morgan fingerprint density at radius 3 is 2.94 bits per heavy atom. The minimum atomic E-state index is -0.554. The molecule has 0 aliphatic heterocycles. The molecule has 0 bridgehead atoms. The van der Waals surface area contributed by atoms with Crippen molar-refractivity contribution < 1.29 is 9.18 Å². The third kappa shape index (κ3) is 3.08. The Kier molecular flexibility index (Phi) is 3.96. The second-order valence-electron chi connectivity index (χ2n) is 3.46. The predicted octanol–water partition coefficient (Wildman–Crippen LogP) is 1.50. The van der Waals surface area contributed by atoms with E-state index in [4.69, 9.17) is 0 Å². The van der Waals surface area contributed by atoms with Crippen molar-refractivity contribution in [3.8, 4) is 11.4 Å². The lowest BCUT2D eigenvalue weighted by Gasteiger charge is -1.99. The highest BCUT2D eigenvalue weighted by Gasteiger charge is 2.08. The molecular formula is C11H11FN4OS. The van der Waals surface area contributed by atoms with Gasteiger partial charge in [0.1, 0.15) is 5.69 Å². The molecule has 0 unspecified atom stereocenters. The normalized spacial score (nSPS) is 10.3. The highest BCUT2D eigenvalue weighted by Crippen LogP contribution is 2.23. The van der Waals surface area contributed by atoms with Crippen molar-refractivity contribution in [3.05, 3.63) is 29.5 Å². The van der Waals surface area contributed by atoms with E-state index < -0.39 is 5.95 Å². The zero-order valence-corrected chi connectivity index (χ0v) is 10.4. The molecular weight excluding hydrogens is 255 g/mol. The fourth-order valence-electron chi connectivity index (χ4n) is 1.32. The number of thiazole rings is 1. The van der Waals surface area contributed by atoms with Gasteiger partial charge in [0.25, 0.3) is 0 Å². The number of carbonyl (C=O) groups excluding carboxylic acids is 1. The number of amides is 1. The Morgan fingerprint density at radius 1 is 1.39 bits per heavy atom. The van der Waals surface area contributed by atoms with E-state index in [0.717, 1.165) is 0 Å². The van der Waals surface area contributed by atoms with Crippen LogP contribution in [0.15, 0.2) is 23.6 Å². The maximum Gasteiger partial charge on any atom is 0.240 e. The summed E-state index contributed by atoms with van der Waals surface area (Å²) < 4.78 is 13.0. The molecule has 0 aromatic carbocycles. The predicted molar refractivity (Wildman–Crippen MR) is 67.9 cm³/mol. The van der Waals surface area contributed by atoms with Gasteiger partial charge in [-0.3, -0.25) is 4.79 Å². The number of anilines is 1. The van der Waals surface area contributed by atoms with Gasteiger partial charge < -0.3 is 10.6 Å². The van der Waals surface area contributed by atoms with Crippen LogP contribution in [0.3, 0.4) is 0 Å². The molecule has 2 aromatic rings. The fraction of sp³-hybridized carbons (Fsp3) is 0.182. The molecule has 2 aromatic heterocycles. The van der Waals surface area contributed by atoms with Crippen molar-refractivity contribution in [2.24, 2.45) is 0 Å². The summed E-state index contributed by atoms with van der Waals surface area (Å²) in [5, 5.41) is 7.56. The van der Waals surface area contributed by atoms with E-state index in [1.54, 1.807) is 24.6 Å². The van der Waals surface area contributed by atoms with Crippen LogP contribution < -0.4 is 10.6 Å². The summed E-state index contributed by atoms with van der Waals surface area (Å²) in [7, 11) is 1.68. The average molecular weight is 266 g/mol. The number of halogens is 1. The lowest BCUT2D eigenvalue weighted by Crippen LogP contribution is -2.24. The second-order valence-corrected chi connectivity index (χ2v) is 4.32. The lowest BCUT2D eigenvalue weighted by molar-refractivity contribution is -0.115. The van der Waals surface area contributed by atoms with E-state index >= 15 is 0 Å². The van der Waals surface area contributed by atoms with Gasteiger partial charge >= 0.3 is 0 Å². The van der Waals surface area contributed by atoms with Gasteiger partial charge in [0, 0.05) is 5.38 Å². The number of likely N-dealkylation sites (N-methyl/N-ethyl adjacent to an activating group) is 1. The van der Waals surface area contributed by atoms with E-state index in [1.807, 2.05) is 0 Å². The molecule has 2 N–H and O–H groups in total. The van der Waals surface area contributed by atoms with E-state index in [1.165, 1.54) is 17.4 Å². The van der Waals surface area contributed by atoms with E-state index in [0.29, 0.717) is 16.5 Å². The van der Waals surface area contributed by atoms with E-state index in [-0.39, 0.29) is 12.5 Å². The van der Waals surface area contributed by atoms with Gasteiger partial charge in [-0.1, -0.05) is 6.07 Å². The molecule has 0 saturated heterocycles. The molecule has 0 aliphatic carbocycles. The van der Waals surface area contributed by atoms with Crippen LogP contribution >= 0.6 is 11.3 Å². The van der Waals surface area contributed by atoms with Gasteiger partial charge in [-0.15, -0.1) is 11.3 Å². The number of hydrogen-bond donors (Lipinski definition) is 2. The maximum absolute atomic E-state index is 13.0. The van der Waals surface area contributed by atoms with Crippen molar-refractivity contribution in [2.45, 2.75) is 0 Å². The van der Waals surface area contributed by atoms with Crippen LogP contribution in [0.2, 0.25) is 0 Å². The monoisotopic (exact) mass is 266 g/mol. The first kappa shape index (κ1) is 12.6. The van der Waals surface area contributed by atoms with Crippen LogP contribution in [0.4, 0.5) is 9.52 Å². The van der Waals surface area contributed by atoms with Crippen LogP contribution in [-0.2, 0) is 4.79 Å². The van der Waals surface area contributed by atoms with E-state index in [2.05, 4.69) is 20.6 Å². The first-order valence-electron chi connectivity index (χ1n) is 5.22. The largest absolute Gasteiger partial charge is 0.311 e. The Hall–Kier alpha value is -1.86. The zero-order valence-electron chi connectivity index (χ0n) is 9.61. The third-order valence-corrected chi connectivity index (χ3v) is 2.82. The molecule has 0 fully saturated rings. The molecule has 0 atom stereocenters. The number of rotatable bonds is 4. The minimum absolute atomic E-state index is 0.175. The standard InChI is InChI=1S/C11H11FN4OS/c1-13-5-10(17)16-11-15-8(6-18-11)7-3-2-4-9(12)14-7/h2-4,6,13H,5H2,1H3,(H,15,16,17). The van der Waals surface area contributed by atoms with Gasteiger partial charge in [0.15, 0.2) is 5.13 Å². The van der Waals surface area contributed by atoms with Crippen molar-refractivity contribution in [1.29, 1.82) is 0 Å². The molecule has 2 rings (SSSR count). The number of pyridine rings is 1. The maximum atomic E-state index is 13.0. The Balaban J connectivity index is 2.13. The molecule has 0 radical (unpaired) electrons. The molecule has 0 saturated carbocycles. The Bertz CT molecular complexity index is 557. The van der Waals surface area contributed by atoms with Crippen molar-refractivity contribution in [3.63, 3.8) is 0 Å². The summed E-state index contributed by atoms with van der Waals surface area (Å²) in [6, 6.07) is 4.50. The van der Waals surface area contributed by atoms with Crippen LogP contribution in [0.1, 0.15) is 0 Å². The zero-order chi connectivity index (χ0) is 13.0. The molecule has 5 nitrogen and oxygen atoms in total. The van der Waals surface area contributed by atoms with Gasteiger partial charge in [0.2, 0.25) is 11.9 Å². The molecule has 1 amide bonds. The number of nitrogens with zero attached hydrogens (tertiary/aromatic N) is 2. The molecule has 94 valence electrons. The first-order valence-corrected chi connectivity index (χ1v) is 6.10. The highest BCUT2D eigenvalue weighted by molar-refractivity contribution is 7.14. The number of hydrogen-bond acceptors (Lipinski definition) is 5. The van der Waals surface area contributed by atoms with Crippen molar-refractivity contribution in [1.82, 2.24) is 15.3 Å². The van der Waals surface area contributed by atoms with Gasteiger partial charge in [-0.05, 0) is 19.2 Å². The van der Waals surface area contributed by atoms with Crippen LogP contribution in [0.25, 0.3) is 11.4 Å². The molecule has 2 heterocycles. The van der Waals surface area contributed by atoms with Crippen LogP contribution in [0.5, 0.6) is 0 Å². The molecule has 18 heavy (non-hydrogen) atoms. The van der Waals surface area contributed by atoms with E-state index in [9.17, 15) is 9.18 Å². The summed E-state index contributed by atoms with van der Waals surface area (Å²) in [6.45, 7) is 0.215. The van der Waals surface area contributed by atoms with Crippen molar-refractivity contribution >= 4 is 22.4 Å². The first-order chi connectivity index (χ1) is 8.69. The smallest absolute Gasteiger partial charge is 0.240 e. The van der Waals surface area contributed by atoms with Crippen molar-refractivity contribution in [2.75, 3.05) is 18.9 Å². The molecule has 7 heteroatoms. The summed E-state index contributed by atoms with van der Waals surface area (Å²) in [6.07, 6.45) is 0. The number of carbonyl (C=O) groups is 1. The lowest BCUT2D eigenvalue weighted by atomic mass is 10.3. The number of aromatic nitrogens is 2. The SMILES string of the molecule is CNCC(=O)Nc1nc(-c2cccc(F)n2)cs1. The van der Waals surface area contributed by atoms with Crippen LogP contribution in [-0.4, -0.2) is 29.5 Å². The summed E-state index contributed by atoms with van der Waals surface area (Å²) in [4.78, 5) is 19.2.